The first-order valence-corrected chi connectivity index (χ1v) is 12.3. The highest BCUT2D eigenvalue weighted by Gasteiger charge is 2.13. The van der Waals surface area contributed by atoms with Crippen LogP contribution in [0.3, 0.4) is 0 Å². The number of hydrogen-bond acceptors (Lipinski definition) is 1. The van der Waals surface area contributed by atoms with E-state index < -0.39 is 0 Å². The number of pyridine rings is 1. The lowest BCUT2D eigenvalue weighted by Gasteiger charge is -2.13. The van der Waals surface area contributed by atoms with Crippen LogP contribution in [0.5, 0.6) is 0 Å². The van der Waals surface area contributed by atoms with Crippen molar-refractivity contribution < 1.29 is 0 Å². The third-order valence-electron chi connectivity index (χ3n) is 7.07. The maximum Gasteiger partial charge on any atom is 0.0788 e. The van der Waals surface area contributed by atoms with Gasteiger partial charge in [-0.25, -0.2) is 4.98 Å². The average molecular weight is 458 g/mol. The lowest BCUT2D eigenvalue weighted by molar-refractivity contribution is 1.43. The second kappa shape index (κ2) is 8.48. The van der Waals surface area contributed by atoms with Gasteiger partial charge in [0.1, 0.15) is 0 Å². The Labute approximate surface area is 210 Å². The van der Waals surface area contributed by atoms with Crippen LogP contribution in [0.1, 0.15) is 0 Å². The first-order valence-electron chi connectivity index (χ1n) is 12.3. The molecule has 0 radical (unpaired) electrons. The zero-order valence-corrected chi connectivity index (χ0v) is 19.7. The van der Waals surface area contributed by atoms with Gasteiger partial charge in [-0.2, -0.15) is 0 Å². The lowest BCUT2D eigenvalue weighted by Crippen LogP contribution is -1.91. The molecule has 0 aliphatic carbocycles. The fourth-order valence-electron chi connectivity index (χ4n) is 5.25. The monoisotopic (exact) mass is 457 g/mol. The molecule has 0 fully saturated rings. The third-order valence-corrected chi connectivity index (χ3v) is 7.07. The highest BCUT2D eigenvalue weighted by atomic mass is 14.7. The molecular formula is C35H23N. The minimum Gasteiger partial charge on any atom is -0.247 e. The number of nitrogens with zero attached hydrogens (tertiary/aromatic N) is 1. The van der Waals surface area contributed by atoms with Gasteiger partial charge in [-0.3, -0.25) is 0 Å². The third kappa shape index (κ3) is 3.45. The number of hydrogen-bond donors (Lipinski definition) is 0. The Hall–Kier alpha value is -4.75. The summed E-state index contributed by atoms with van der Waals surface area (Å²) < 4.78 is 0. The minimum absolute atomic E-state index is 1.02. The highest BCUT2D eigenvalue weighted by Crippen LogP contribution is 2.37. The molecule has 0 aliphatic heterocycles. The fraction of sp³-hybridized carbons (Fsp3) is 0. The van der Waals surface area contributed by atoms with Crippen molar-refractivity contribution in [1.82, 2.24) is 4.98 Å². The summed E-state index contributed by atoms with van der Waals surface area (Å²) in [7, 11) is 0. The Bertz CT molecular complexity index is 1830. The average Bonchev–Trinajstić information content (AvgIpc) is 2.97. The molecule has 1 heteroatoms. The number of benzene rings is 6. The summed E-state index contributed by atoms with van der Waals surface area (Å²) in [6, 6.07) is 49.6. The van der Waals surface area contributed by atoms with Crippen molar-refractivity contribution in [2.45, 2.75) is 0 Å². The van der Waals surface area contributed by atoms with Crippen LogP contribution in [-0.4, -0.2) is 4.98 Å². The van der Waals surface area contributed by atoms with Crippen LogP contribution in [0.15, 0.2) is 140 Å². The van der Waals surface area contributed by atoms with Gasteiger partial charge in [0.05, 0.1) is 11.2 Å². The van der Waals surface area contributed by atoms with E-state index in [2.05, 4.69) is 140 Å². The number of rotatable bonds is 3. The van der Waals surface area contributed by atoms with E-state index in [-0.39, 0.29) is 0 Å². The van der Waals surface area contributed by atoms with Crippen LogP contribution in [0.4, 0.5) is 0 Å². The molecule has 0 spiro atoms. The number of para-hydroxylation sites is 1. The molecule has 0 amide bonds. The van der Waals surface area contributed by atoms with E-state index in [9.17, 15) is 0 Å². The van der Waals surface area contributed by atoms with Gasteiger partial charge in [0.25, 0.3) is 0 Å². The molecule has 1 heterocycles. The lowest BCUT2D eigenvalue weighted by atomic mass is 9.94. The number of aromatic nitrogens is 1. The van der Waals surface area contributed by atoms with Gasteiger partial charge in [0.15, 0.2) is 0 Å². The first-order chi connectivity index (χ1) is 17.8. The number of fused-ring (bicyclic) bond motifs is 5. The molecule has 0 unspecified atom stereocenters. The van der Waals surface area contributed by atoms with Crippen molar-refractivity contribution in [3.8, 4) is 33.5 Å². The van der Waals surface area contributed by atoms with Crippen molar-refractivity contribution in [2.24, 2.45) is 0 Å². The first kappa shape index (κ1) is 20.6. The van der Waals surface area contributed by atoms with E-state index in [1.807, 2.05) is 0 Å². The second-order valence-corrected chi connectivity index (χ2v) is 9.21. The van der Waals surface area contributed by atoms with E-state index >= 15 is 0 Å². The van der Waals surface area contributed by atoms with Gasteiger partial charge in [-0.15, -0.1) is 0 Å². The summed E-state index contributed by atoms with van der Waals surface area (Å²) in [5, 5.41) is 6.18. The Balaban J connectivity index is 1.34. The summed E-state index contributed by atoms with van der Waals surface area (Å²) in [4.78, 5) is 5.13. The van der Waals surface area contributed by atoms with E-state index in [1.54, 1.807) is 0 Å². The largest absolute Gasteiger partial charge is 0.247 e. The molecule has 0 saturated heterocycles. The highest BCUT2D eigenvalue weighted by molar-refractivity contribution is 6.22. The van der Waals surface area contributed by atoms with E-state index in [1.165, 1.54) is 49.2 Å². The van der Waals surface area contributed by atoms with Crippen molar-refractivity contribution in [3.63, 3.8) is 0 Å². The molecule has 0 aliphatic rings. The molecular weight excluding hydrogens is 434 g/mol. The van der Waals surface area contributed by atoms with Crippen LogP contribution in [0.2, 0.25) is 0 Å². The zero-order valence-electron chi connectivity index (χ0n) is 19.7. The Kier molecular flexibility index (Phi) is 4.85. The second-order valence-electron chi connectivity index (χ2n) is 9.21. The Morgan fingerprint density at radius 2 is 0.861 bits per heavy atom. The van der Waals surface area contributed by atoms with Gasteiger partial charge in [0, 0.05) is 21.7 Å². The molecule has 0 bridgehead atoms. The quantitative estimate of drug-likeness (QED) is 0.241. The zero-order chi connectivity index (χ0) is 23.9. The van der Waals surface area contributed by atoms with Crippen LogP contribution in [0.25, 0.3) is 66.0 Å². The summed E-state index contributed by atoms with van der Waals surface area (Å²) in [6.07, 6.45) is 0. The smallest absolute Gasteiger partial charge is 0.0788 e. The van der Waals surface area contributed by atoms with Crippen molar-refractivity contribution in [3.05, 3.63) is 140 Å². The summed E-state index contributed by atoms with van der Waals surface area (Å²) in [5.41, 5.74) is 8.07. The molecule has 7 rings (SSSR count). The van der Waals surface area contributed by atoms with Crippen LogP contribution in [0, 0.1) is 0 Å². The van der Waals surface area contributed by atoms with Gasteiger partial charge >= 0.3 is 0 Å². The van der Waals surface area contributed by atoms with Crippen molar-refractivity contribution >= 4 is 32.4 Å². The van der Waals surface area contributed by atoms with Crippen molar-refractivity contribution in [2.75, 3.05) is 0 Å². The molecule has 168 valence electrons. The topological polar surface area (TPSA) is 12.9 Å². The van der Waals surface area contributed by atoms with Crippen molar-refractivity contribution in [1.29, 1.82) is 0 Å². The van der Waals surface area contributed by atoms with E-state index in [0.29, 0.717) is 0 Å². The normalized spacial score (nSPS) is 11.3. The molecule has 7 aromatic rings. The molecule has 1 aromatic heterocycles. The summed E-state index contributed by atoms with van der Waals surface area (Å²) >= 11 is 0. The molecule has 0 N–H and O–H groups in total. The van der Waals surface area contributed by atoms with E-state index in [0.717, 1.165) is 16.8 Å². The standard InChI is InChI=1S/C35H23N/c1-2-8-24(9-3-1)25-14-16-26(17-15-25)27-18-20-29(21-19-27)35-32-23-22-28-10-4-5-11-30(28)34(32)31-12-6-7-13-33(31)36-35/h1-23H. The summed E-state index contributed by atoms with van der Waals surface area (Å²) in [6.45, 7) is 0. The molecule has 6 aromatic carbocycles. The van der Waals surface area contributed by atoms with E-state index in [4.69, 9.17) is 4.98 Å². The maximum atomic E-state index is 5.13. The van der Waals surface area contributed by atoms with Crippen LogP contribution < -0.4 is 0 Å². The predicted molar refractivity (Wildman–Crippen MR) is 153 cm³/mol. The predicted octanol–water partition coefficient (Wildman–Crippen LogP) is 9.54. The molecule has 0 saturated carbocycles. The summed E-state index contributed by atoms with van der Waals surface area (Å²) in [5.74, 6) is 0. The van der Waals surface area contributed by atoms with Crippen LogP contribution >= 0.6 is 0 Å². The van der Waals surface area contributed by atoms with Gasteiger partial charge in [-0.1, -0.05) is 133 Å². The molecule has 36 heavy (non-hydrogen) atoms. The van der Waals surface area contributed by atoms with Gasteiger partial charge < -0.3 is 0 Å². The minimum atomic E-state index is 1.02. The SMILES string of the molecule is c1ccc(-c2ccc(-c3ccc(-c4nc5ccccc5c5c4ccc4ccccc45)cc3)cc2)cc1. The van der Waals surface area contributed by atoms with Gasteiger partial charge in [-0.05, 0) is 39.1 Å². The van der Waals surface area contributed by atoms with Gasteiger partial charge in [0.2, 0.25) is 0 Å². The fourth-order valence-corrected chi connectivity index (χ4v) is 5.25. The maximum absolute atomic E-state index is 5.13. The van der Waals surface area contributed by atoms with Crippen LogP contribution in [-0.2, 0) is 0 Å². The molecule has 0 atom stereocenters. The molecule has 1 nitrogen and oxygen atoms in total. The Morgan fingerprint density at radius 1 is 0.333 bits per heavy atom. The Morgan fingerprint density at radius 3 is 1.56 bits per heavy atom.